The lowest BCUT2D eigenvalue weighted by Gasteiger charge is -2.22. The number of benzene rings is 1. The molecule has 0 amide bonds. The lowest BCUT2D eigenvalue weighted by atomic mass is 9.86. The number of hydrogen-bond acceptors (Lipinski definition) is 2. The van der Waals surface area contributed by atoms with Crippen LogP contribution in [0.25, 0.3) is 0 Å². The molecule has 0 aliphatic heterocycles. The molecule has 108 valence electrons. The summed E-state index contributed by atoms with van der Waals surface area (Å²) in [7, 11) is 0. The van der Waals surface area contributed by atoms with Crippen molar-refractivity contribution in [3.05, 3.63) is 29.8 Å². The molecular weight excluding hydrogens is 234 g/mol. The van der Waals surface area contributed by atoms with Crippen LogP contribution in [-0.4, -0.2) is 19.2 Å². The fourth-order valence-electron chi connectivity index (χ4n) is 2.01. The standard InChI is InChI=1S/C17H29NO/c1-14(2)18-12-8-9-13-19-16-11-7-6-10-15(16)17(3,4)5/h6-7,10-11,14,18H,8-9,12-13H2,1-5H3. The highest BCUT2D eigenvalue weighted by Gasteiger charge is 2.17. The summed E-state index contributed by atoms with van der Waals surface area (Å²) in [6, 6.07) is 8.94. The van der Waals surface area contributed by atoms with Gasteiger partial charge in [0.15, 0.2) is 0 Å². The Kier molecular flexibility index (Phi) is 6.36. The minimum Gasteiger partial charge on any atom is -0.493 e. The van der Waals surface area contributed by atoms with Gasteiger partial charge in [0.05, 0.1) is 6.61 Å². The smallest absolute Gasteiger partial charge is 0.123 e. The fourth-order valence-corrected chi connectivity index (χ4v) is 2.01. The molecule has 0 bridgehead atoms. The van der Waals surface area contributed by atoms with Crippen LogP contribution in [0.15, 0.2) is 24.3 Å². The van der Waals surface area contributed by atoms with Crippen molar-refractivity contribution in [2.24, 2.45) is 0 Å². The van der Waals surface area contributed by atoms with E-state index < -0.39 is 0 Å². The fraction of sp³-hybridized carbons (Fsp3) is 0.647. The van der Waals surface area contributed by atoms with Gasteiger partial charge < -0.3 is 10.1 Å². The summed E-state index contributed by atoms with van der Waals surface area (Å²) in [5, 5.41) is 3.42. The minimum absolute atomic E-state index is 0.135. The van der Waals surface area contributed by atoms with Gasteiger partial charge in [-0.25, -0.2) is 0 Å². The van der Waals surface area contributed by atoms with Gasteiger partial charge in [-0.05, 0) is 36.4 Å². The lowest BCUT2D eigenvalue weighted by Crippen LogP contribution is -2.23. The van der Waals surface area contributed by atoms with Crippen molar-refractivity contribution in [3.63, 3.8) is 0 Å². The van der Waals surface area contributed by atoms with Crippen LogP contribution in [-0.2, 0) is 5.41 Å². The molecule has 0 saturated heterocycles. The van der Waals surface area contributed by atoms with Crippen molar-refractivity contribution in [3.8, 4) is 5.75 Å². The van der Waals surface area contributed by atoms with E-state index in [0.717, 1.165) is 31.7 Å². The number of unbranched alkanes of at least 4 members (excludes halogenated alkanes) is 1. The van der Waals surface area contributed by atoms with E-state index in [4.69, 9.17) is 4.74 Å². The van der Waals surface area contributed by atoms with Gasteiger partial charge in [-0.1, -0.05) is 52.8 Å². The van der Waals surface area contributed by atoms with Crippen LogP contribution in [0.1, 0.15) is 53.0 Å². The highest BCUT2D eigenvalue weighted by Crippen LogP contribution is 2.30. The maximum atomic E-state index is 5.94. The molecule has 0 radical (unpaired) electrons. The van der Waals surface area contributed by atoms with Crippen LogP contribution in [0.4, 0.5) is 0 Å². The molecule has 0 saturated carbocycles. The molecule has 0 spiro atoms. The van der Waals surface area contributed by atoms with Gasteiger partial charge in [0.25, 0.3) is 0 Å². The Balaban J connectivity index is 2.37. The summed E-state index contributed by atoms with van der Waals surface area (Å²) in [6.07, 6.45) is 2.26. The molecule has 0 atom stereocenters. The van der Waals surface area contributed by atoms with E-state index in [2.05, 4.69) is 58.1 Å². The quantitative estimate of drug-likeness (QED) is 0.746. The van der Waals surface area contributed by atoms with Gasteiger partial charge in [-0.15, -0.1) is 0 Å². The van der Waals surface area contributed by atoms with Crippen LogP contribution in [0.2, 0.25) is 0 Å². The summed E-state index contributed by atoms with van der Waals surface area (Å²) in [5.41, 5.74) is 1.42. The SMILES string of the molecule is CC(C)NCCCCOc1ccccc1C(C)(C)C. The van der Waals surface area contributed by atoms with E-state index in [9.17, 15) is 0 Å². The van der Waals surface area contributed by atoms with E-state index in [1.165, 1.54) is 5.56 Å². The topological polar surface area (TPSA) is 21.3 Å². The number of nitrogens with one attached hydrogen (secondary N) is 1. The van der Waals surface area contributed by atoms with Crippen LogP contribution >= 0.6 is 0 Å². The Hall–Kier alpha value is -1.02. The zero-order valence-electron chi connectivity index (χ0n) is 13.1. The van der Waals surface area contributed by atoms with Crippen molar-refractivity contribution < 1.29 is 4.74 Å². The summed E-state index contributed by atoms with van der Waals surface area (Å²) in [4.78, 5) is 0. The Bertz CT molecular complexity index is 366. The Morgan fingerprint density at radius 3 is 2.42 bits per heavy atom. The van der Waals surface area contributed by atoms with Crippen LogP contribution in [0.5, 0.6) is 5.75 Å². The Morgan fingerprint density at radius 2 is 1.79 bits per heavy atom. The van der Waals surface area contributed by atoms with Crippen LogP contribution in [0.3, 0.4) is 0 Å². The zero-order valence-corrected chi connectivity index (χ0v) is 13.1. The summed E-state index contributed by atoms with van der Waals surface area (Å²) in [5.74, 6) is 1.03. The molecule has 0 unspecified atom stereocenters. The third-order valence-electron chi connectivity index (χ3n) is 3.08. The van der Waals surface area contributed by atoms with Crippen molar-refractivity contribution >= 4 is 0 Å². The average Bonchev–Trinajstić information content (AvgIpc) is 2.32. The van der Waals surface area contributed by atoms with E-state index in [0.29, 0.717) is 6.04 Å². The molecule has 0 aliphatic carbocycles. The van der Waals surface area contributed by atoms with Gasteiger partial charge in [-0.2, -0.15) is 0 Å². The van der Waals surface area contributed by atoms with Gasteiger partial charge in [0, 0.05) is 6.04 Å². The molecule has 1 aromatic rings. The van der Waals surface area contributed by atoms with Gasteiger partial charge in [0.2, 0.25) is 0 Å². The first kappa shape index (κ1) is 16.0. The monoisotopic (exact) mass is 263 g/mol. The molecule has 1 aromatic carbocycles. The van der Waals surface area contributed by atoms with Crippen molar-refractivity contribution in [1.29, 1.82) is 0 Å². The normalized spacial score (nSPS) is 11.9. The maximum absolute atomic E-state index is 5.94. The number of para-hydroxylation sites is 1. The second kappa shape index (κ2) is 7.54. The molecule has 2 heteroatoms. The molecule has 1 N–H and O–H groups in total. The summed E-state index contributed by atoms with van der Waals surface area (Å²) in [6.45, 7) is 12.9. The highest BCUT2D eigenvalue weighted by atomic mass is 16.5. The predicted molar refractivity (Wildman–Crippen MR) is 83.0 cm³/mol. The van der Waals surface area contributed by atoms with Crippen LogP contribution in [0, 0.1) is 0 Å². The van der Waals surface area contributed by atoms with E-state index in [-0.39, 0.29) is 5.41 Å². The molecular formula is C17H29NO. The first-order valence-corrected chi connectivity index (χ1v) is 7.37. The van der Waals surface area contributed by atoms with Crippen molar-refractivity contribution in [1.82, 2.24) is 5.32 Å². The lowest BCUT2D eigenvalue weighted by molar-refractivity contribution is 0.297. The second-order valence-electron chi connectivity index (χ2n) is 6.41. The number of hydrogen-bond donors (Lipinski definition) is 1. The molecule has 2 nitrogen and oxygen atoms in total. The van der Waals surface area contributed by atoms with Crippen molar-refractivity contribution in [2.45, 2.75) is 58.9 Å². The van der Waals surface area contributed by atoms with Gasteiger partial charge in [0.1, 0.15) is 5.75 Å². The first-order valence-electron chi connectivity index (χ1n) is 7.37. The summed E-state index contributed by atoms with van der Waals surface area (Å²) >= 11 is 0. The molecule has 0 fully saturated rings. The second-order valence-corrected chi connectivity index (χ2v) is 6.41. The number of rotatable bonds is 7. The largest absolute Gasteiger partial charge is 0.493 e. The Morgan fingerprint density at radius 1 is 1.11 bits per heavy atom. The highest BCUT2D eigenvalue weighted by molar-refractivity contribution is 5.38. The molecule has 0 heterocycles. The Labute approximate surface area is 118 Å². The van der Waals surface area contributed by atoms with E-state index in [1.54, 1.807) is 0 Å². The van der Waals surface area contributed by atoms with Crippen molar-refractivity contribution in [2.75, 3.05) is 13.2 Å². The predicted octanol–water partition coefficient (Wildman–Crippen LogP) is 4.14. The molecule has 19 heavy (non-hydrogen) atoms. The van der Waals surface area contributed by atoms with Gasteiger partial charge in [-0.3, -0.25) is 0 Å². The first-order chi connectivity index (χ1) is 8.91. The molecule has 0 aliphatic rings. The maximum Gasteiger partial charge on any atom is 0.123 e. The third-order valence-corrected chi connectivity index (χ3v) is 3.08. The molecule has 1 rings (SSSR count). The zero-order chi connectivity index (χ0) is 14.3. The minimum atomic E-state index is 0.135. The third kappa shape index (κ3) is 6.11. The van der Waals surface area contributed by atoms with E-state index in [1.807, 2.05) is 6.07 Å². The van der Waals surface area contributed by atoms with Crippen LogP contribution < -0.4 is 10.1 Å². The van der Waals surface area contributed by atoms with Gasteiger partial charge >= 0.3 is 0 Å². The summed E-state index contributed by atoms with van der Waals surface area (Å²) < 4.78 is 5.94. The molecule has 0 aromatic heterocycles. The average molecular weight is 263 g/mol. The number of ether oxygens (including phenoxy) is 1. The van der Waals surface area contributed by atoms with E-state index >= 15 is 0 Å².